The zero-order chi connectivity index (χ0) is 10.8. The molecular formula is C10H18O4. The quantitative estimate of drug-likeness (QED) is 0.505. The van der Waals surface area contributed by atoms with Crippen LogP contribution in [-0.4, -0.2) is 25.2 Å². The highest BCUT2D eigenvalue weighted by atomic mass is 16.6. The summed E-state index contributed by atoms with van der Waals surface area (Å²) < 4.78 is 9.16. The van der Waals surface area contributed by atoms with Gasteiger partial charge >= 0.3 is 11.9 Å². The first-order valence-electron chi connectivity index (χ1n) is 4.95. The van der Waals surface area contributed by atoms with Crippen molar-refractivity contribution in [2.45, 2.75) is 39.5 Å². The number of carbonyl (C=O) groups is 2. The van der Waals surface area contributed by atoms with Gasteiger partial charge in [-0.2, -0.15) is 0 Å². The molecule has 82 valence electrons. The van der Waals surface area contributed by atoms with Crippen LogP contribution in [0.3, 0.4) is 0 Å². The Hall–Kier alpha value is -0.900. The molecule has 0 N–H and O–H groups in total. The minimum absolute atomic E-state index is 0.319. The second kappa shape index (κ2) is 8.69. The second-order valence-corrected chi connectivity index (χ2v) is 3.04. The van der Waals surface area contributed by atoms with Crippen LogP contribution in [0.15, 0.2) is 0 Å². The van der Waals surface area contributed by atoms with E-state index in [0.29, 0.717) is 12.8 Å². The third-order valence-corrected chi connectivity index (χ3v) is 1.54. The van der Waals surface area contributed by atoms with Crippen molar-refractivity contribution in [2.75, 3.05) is 13.2 Å². The van der Waals surface area contributed by atoms with Gasteiger partial charge in [-0.15, -0.1) is 0 Å². The molecule has 14 heavy (non-hydrogen) atoms. The van der Waals surface area contributed by atoms with Gasteiger partial charge in [0.15, 0.2) is 0 Å². The van der Waals surface area contributed by atoms with Gasteiger partial charge in [0, 0.05) is 26.6 Å². The summed E-state index contributed by atoms with van der Waals surface area (Å²) in [5, 5.41) is 0. The van der Waals surface area contributed by atoms with Crippen LogP contribution in [0.1, 0.15) is 39.5 Å². The van der Waals surface area contributed by atoms with E-state index in [2.05, 4.69) is 4.74 Å². The zero-order valence-corrected chi connectivity index (χ0v) is 8.88. The summed E-state index contributed by atoms with van der Waals surface area (Å²) in [6.07, 6.45) is 3.59. The molecule has 1 saturated heterocycles. The number of ether oxygens (including phenoxy) is 2. The number of rotatable bonds is 2. The average Bonchev–Trinajstić information content (AvgIpc) is 2.59. The monoisotopic (exact) mass is 202 g/mol. The van der Waals surface area contributed by atoms with E-state index in [1.807, 2.05) is 6.92 Å². The Morgan fingerprint density at radius 2 is 1.86 bits per heavy atom. The molecule has 0 radical (unpaired) electrons. The van der Waals surface area contributed by atoms with Crippen molar-refractivity contribution in [3.8, 4) is 0 Å². The molecule has 0 aromatic carbocycles. The number of carbonyl (C=O) groups excluding carboxylic acids is 2. The van der Waals surface area contributed by atoms with Gasteiger partial charge in [0.25, 0.3) is 0 Å². The maximum atomic E-state index is 10.4. The van der Waals surface area contributed by atoms with Crippen LogP contribution in [0.5, 0.6) is 0 Å². The number of hydrogen-bond acceptors (Lipinski definition) is 4. The van der Waals surface area contributed by atoms with Gasteiger partial charge in [-0.3, -0.25) is 9.59 Å². The Balaban J connectivity index is 0.000000280. The molecule has 0 aromatic heterocycles. The smallest absolute Gasteiger partial charge is 0.313 e. The molecule has 1 heterocycles. The topological polar surface area (TPSA) is 52.6 Å². The van der Waals surface area contributed by atoms with Gasteiger partial charge < -0.3 is 9.47 Å². The average molecular weight is 202 g/mol. The second-order valence-electron chi connectivity index (χ2n) is 3.04. The molecule has 0 aliphatic carbocycles. The highest BCUT2D eigenvalue weighted by Gasteiger charge is 2.02. The van der Waals surface area contributed by atoms with Crippen molar-refractivity contribution in [3.05, 3.63) is 0 Å². The van der Waals surface area contributed by atoms with Gasteiger partial charge in [0.05, 0.1) is 0 Å². The van der Waals surface area contributed by atoms with E-state index in [1.165, 1.54) is 19.8 Å². The lowest BCUT2D eigenvalue weighted by Gasteiger charge is -1.94. The van der Waals surface area contributed by atoms with Crippen molar-refractivity contribution in [1.29, 1.82) is 0 Å². The van der Waals surface area contributed by atoms with E-state index in [1.54, 1.807) is 0 Å². The molecule has 4 nitrogen and oxygen atoms in total. The van der Waals surface area contributed by atoms with Crippen molar-refractivity contribution in [2.24, 2.45) is 0 Å². The van der Waals surface area contributed by atoms with Crippen LogP contribution in [0.2, 0.25) is 0 Å². The van der Waals surface area contributed by atoms with E-state index in [4.69, 9.17) is 4.74 Å². The lowest BCUT2D eigenvalue weighted by atomic mass is 10.3. The Morgan fingerprint density at radius 1 is 1.29 bits per heavy atom. The van der Waals surface area contributed by atoms with Gasteiger partial charge in [-0.05, 0) is 19.3 Å². The molecule has 1 fully saturated rings. The summed E-state index contributed by atoms with van der Waals surface area (Å²) in [6.45, 7) is 5.06. The van der Waals surface area contributed by atoms with Crippen LogP contribution in [0, 0.1) is 0 Å². The normalized spacial score (nSPS) is 14.1. The van der Waals surface area contributed by atoms with Crippen molar-refractivity contribution in [3.63, 3.8) is 0 Å². The van der Waals surface area contributed by atoms with Crippen LogP contribution >= 0.6 is 0 Å². The van der Waals surface area contributed by atoms with E-state index in [-0.39, 0.29) is 0 Å². The first kappa shape index (κ1) is 13.1. The fourth-order valence-electron chi connectivity index (χ4n) is 0.926. The molecular weight excluding hydrogens is 184 g/mol. The van der Waals surface area contributed by atoms with Gasteiger partial charge in [0.1, 0.15) is 0 Å². The highest BCUT2D eigenvalue weighted by molar-refractivity contribution is 5.83. The van der Waals surface area contributed by atoms with Crippen molar-refractivity contribution in [1.82, 2.24) is 0 Å². The van der Waals surface area contributed by atoms with Crippen LogP contribution < -0.4 is 0 Å². The Morgan fingerprint density at radius 3 is 2.14 bits per heavy atom. The number of hydrogen-bond donors (Lipinski definition) is 0. The Bertz CT molecular complexity index is 165. The standard InChI is InChI=1S/C6H10O3.C4H8O/c1-3-4-6(8)9-5(2)7;1-2-4-5-3-1/h3-4H2,1-2H3;1-4H2. The van der Waals surface area contributed by atoms with Gasteiger partial charge in [0.2, 0.25) is 0 Å². The molecule has 0 unspecified atom stereocenters. The highest BCUT2D eigenvalue weighted by Crippen LogP contribution is 1.98. The molecule has 1 aliphatic rings. The summed E-state index contributed by atoms with van der Waals surface area (Å²) in [5.41, 5.74) is 0. The lowest BCUT2D eigenvalue weighted by molar-refractivity contribution is -0.158. The summed E-state index contributed by atoms with van der Waals surface area (Å²) in [5.74, 6) is -0.974. The molecule has 0 atom stereocenters. The molecule has 0 aromatic rings. The SMILES string of the molecule is C1CCOC1.CCCC(=O)OC(C)=O. The fourth-order valence-corrected chi connectivity index (χ4v) is 0.926. The molecule has 4 heteroatoms. The maximum absolute atomic E-state index is 10.4. The first-order chi connectivity index (χ1) is 6.66. The van der Waals surface area contributed by atoms with Crippen LogP contribution in [0.25, 0.3) is 0 Å². The molecule has 1 rings (SSSR count). The van der Waals surface area contributed by atoms with Crippen LogP contribution in [0.4, 0.5) is 0 Å². The van der Waals surface area contributed by atoms with E-state index in [0.717, 1.165) is 13.2 Å². The third-order valence-electron chi connectivity index (χ3n) is 1.54. The maximum Gasteiger partial charge on any atom is 0.313 e. The lowest BCUT2D eigenvalue weighted by Crippen LogP contribution is -2.07. The van der Waals surface area contributed by atoms with Crippen LogP contribution in [-0.2, 0) is 19.1 Å². The minimum Gasteiger partial charge on any atom is -0.393 e. The summed E-state index contributed by atoms with van der Waals surface area (Å²) in [6, 6.07) is 0. The minimum atomic E-state index is -0.534. The Kier molecular flexibility index (Phi) is 8.13. The summed E-state index contributed by atoms with van der Waals surface area (Å²) in [4.78, 5) is 20.5. The van der Waals surface area contributed by atoms with E-state index in [9.17, 15) is 9.59 Å². The Labute approximate surface area is 84.6 Å². The third kappa shape index (κ3) is 9.19. The largest absolute Gasteiger partial charge is 0.393 e. The molecule has 0 saturated carbocycles. The van der Waals surface area contributed by atoms with Crippen molar-refractivity contribution < 1.29 is 19.1 Å². The van der Waals surface area contributed by atoms with Gasteiger partial charge in [-0.1, -0.05) is 6.92 Å². The van der Waals surface area contributed by atoms with Gasteiger partial charge in [-0.25, -0.2) is 0 Å². The van der Waals surface area contributed by atoms with E-state index < -0.39 is 11.9 Å². The first-order valence-corrected chi connectivity index (χ1v) is 4.95. The molecule has 1 aliphatic heterocycles. The summed E-state index contributed by atoms with van der Waals surface area (Å²) >= 11 is 0. The number of esters is 2. The predicted octanol–water partition coefficient (Wildman–Crippen LogP) is 1.67. The zero-order valence-electron chi connectivity index (χ0n) is 8.88. The molecule has 0 spiro atoms. The molecule has 0 amide bonds. The summed E-state index contributed by atoms with van der Waals surface area (Å²) in [7, 11) is 0. The predicted molar refractivity (Wildman–Crippen MR) is 51.7 cm³/mol. The molecule has 0 bridgehead atoms. The van der Waals surface area contributed by atoms with E-state index >= 15 is 0 Å². The van der Waals surface area contributed by atoms with Crippen molar-refractivity contribution >= 4 is 11.9 Å². The fraction of sp³-hybridized carbons (Fsp3) is 0.800.